The Morgan fingerprint density at radius 2 is 0.959 bits per heavy atom. The summed E-state index contributed by atoms with van der Waals surface area (Å²) in [6, 6.07) is 14.1. The summed E-state index contributed by atoms with van der Waals surface area (Å²) in [6.45, 7) is 3.74. The van der Waals surface area contributed by atoms with Crippen molar-refractivity contribution in [1.82, 2.24) is 0 Å². The van der Waals surface area contributed by atoms with Crippen molar-refractivity contribution in [2.75, 3.05) is 12.3 Å². The smallest absolute Gasteiger partial charge is 1.00 e. The van der Waals surface area contributed by atoms with Gasteiger partial charge in [0.05, 0.1) is 0 Å². The molecule has 0 aliphatic heterocycles. The van der Waals surface area contributed by atoms with Crippen LogP contribution in [-0.4, -0.2) is 16.6 Å². The Morgan fingerprint density at radius 3 is 1.31 bits per heavy atom. The average molecular weight is 825 g/mol. The van der Waals surface area contributed by atoms with E-state index < -0.39 is 106 Å². The maximum absolute atomic E-state index is 16.1. The second-order valence-corrected chi connectivity index (χ2v) is 22.0. The first-order valence-corrected chi connectivity index (χ1v) is 20.2. The normalized spacial score (nSPS) is 13.9. The molecule has 0 bridgehead atoms. The molecule has 0 heterocycles. The van der Waals surface area contributed by atoms with Crippen molar-refractivity contribution in [3.8, 4) is 11.1 Å². The van der Waals surface area contributed by atoms with Crippen molar-refractivity contribution in [2.45, 2.75) is 23.1 Å². The summed E-state index contributed by atoms with van der Waals surface area (Å²) >= 11 is -4.83. The van der Waals surface area contributed by atoms with Gasteiger partial charge < -0.3 is 24.8 Å². The van der Waals surface area contributed by atoms with E-state index in [9.17, 15) is 8.78 Å². The van der Waals surface area contributed by atoms with E-state index in [2.05, 4.69) is 0 Å². The summed E-state index contributed by atoms with van der Waals surface area (Å²) in [5, 5.41) is 0. The molecule has 255 valence electrons. The van der Waals surface area contributed by atoms with Crippen LogP contribution in [0.2, 0.25) is 0 Å². The van der Waals surface area contributed by atoms with Crippen molar-refractivity contribution in [2.24, 2.45) is 0 Å². The molecule has 2 aliphatic rings. The Bertz CT molecular complexity index is 1830. The summed E-state index contributed by atoms with van der Waals surface area (Å²) < 4.78 is 150. The van der Waals surface area contributed by atoms with E-state index in [-0.39, 0.29) is 31.2 Å². The van der Waals surface area contributed by atoms with Gasteiger partial charge in [0.2, 0.25) is 0 Å². The molecule has 6 rings (SSSR count). The SMILES string of the molecule is CCP(CC)[C]1([Zr+2]([B](c2c(F)c(F)c(F)c(F)c2F)c2c(F)c(F)c(F)c(F)c2F)[C]2=CC=CC2)c2ccccc2-c2ccccc21.[Cl-].[Cl-]. The Hall–Kier alpha value is -2.38. The van der Waals surface area contributed by atoms with Crippen molar-refractivity contribution in [1.29, 1.82) is 0 Å². The third-order valence-electron chi connectivity index (χ3n) is 9.02. The topological polar surface area (TPSA) is 0 Å². The van der Waals surface area contributed by atoms with Gasteiger partial charge in [0.1, 0.15) is 0 Å². The van der Waals surface area contributed by atoms with Gasteiger partial charge in [0, 0.05) is 0 Å². The van der Waals surface area contributed by atoms with Crippen LogP contribution >= 0.6 is 7.92 Å². The van der Waals surface area contributed by atoms with E-state index in [4.69, 9.17) is 0 Å². The van der Waals surface area contributed by atoms with Gasteiger partial charge in [-0.2, -0.15) is 0 Å². The third kappa shape index (κ3) is 5.77. The maximum atomic E-state index is 16.1. The molecular weight excluding hydrogens is 802 g/mol. The molecule has 0 atom stereocenters. The minimum atomic E-state index is -4.83. The molecule has 0 radical (unpaired) electrons. The largest absolute Gasteiger partial charge is 1.00 e. The van der Waals surface area contributed by atoms with Gasteiger partial charge in [-0.15, -0.1) is 0 Å². The van der Waals surface area contributed by atoms with E-state index in [1.165, 1.54) is 0 Å². The molecule has 49 heavy (non-hydrogen) atoms. The fraction of sp³-hybridized carbons (Fsp3) is 0.176. The van der Waals surface area contributed by atoms with Gasteiger partial charge in [-0.3, -0.25) is 0 Å². The molecule has 0 saturated carbocycles. The number of hydrogen-bond acceptors (Lipinski definition) is 0. The molecule has 0 amide bonds. The van der Waals surface area contributed by atoms with Gasteiger partial charge in [-0.25, -0.2) is 0 Å². The zero-order chi connectivity index (χ0) is 33.9. The van der Waals surface area contributed by atoms with Crippen LogP contribution in [0.1, 0.15) is 31.4 Å². The number of benzene rings is 4. The predicted octanol–water partition coefficient (Wildman–Crippen LogP) is 3.06. The Morgan fingerprint density at radius 1 is 0.592 bits per heavy atom. The van der Waals surface area contributed by atoms with Crippen LogP contribution in [0.15, 0.2) is 70.0 Å². The maximum Gasteiger partial charge on any atom is -1.00 e. The van der Waals surface area contributed by atoms with E-state index in [1.807, 2.05) is 26.0 Å². The quantitative estimate of drug-likeness (QED) is 0.0844. The molecule has 0 unspecified atom stereocenters. The van der Waals surface area contributed by atoms with Gasteiger partial charge in [-0.1, -0.05) is 0 Å². The molecule has 4 aromatic rings. The minimum Gasteiger partial charge on any atom is -1.00 e. The Kier molecular flexibility index (Phi) is 12.1. The van der Waals surface area contributed by atoms with Crippen LogP contribution in [-0.2, 0) is 24.4 Å². The van der Waals surface area contributed by atoms with Crippen LogP contribution in [0.5, 0.6) is 0 Å². The molecular formula is C34H23BCl2F10PZr. The molecule has 2 aliphatic carbocycles. The Labute approximate surface area is 297 Å². The molecule has 0 nitrogen and oxygen atoms in total. The molecule has 0 spiro atoms. The summed E-state index contributed by atoms with van der Waals surface area (Å²) in [4.78, 5) is 0. The van der Waals surface area contributed by atoms with Crippen LogP contribution in [0.3, 0.4) is 0 Å². The standard InChI is InChI=1S/C17H18P.C12BF10.C5H5.2ClH.Zr/c1-3-18(4-2)17-15-11-7-5-9-13(15)14-10-6-8-12-16(14)17;14-3-1(4(15)8(19)11(22)7(3)18)13-2-5(16)9(20)12(23)10(21)6(2)17;1-2-4-5-3-1;;;/h5-12H,3-4H2,1-2H3;;1-3H,4H2;2*1H;/q;+1;;;;+1/p-2. The molecule has 0 saturated heterocycles. The van der Waals surface area contributed by atoms with E-state index in [0.29, 0.717) is 37.9 Å². The number of halogens is 12. The summed E-state index contributed by atoms with van der Waals surface area (Å²) in [7, 11) is -1.36. The van der Waals surface area contributed by atoms with Crippen molar-refractivity contribution < 1.29 is 90.2 Å². The first-order valence-electron chi connectivity index (χ1n) is 14.6. The van der Waals surface area contributed by atoms with E-state index >= 15 is 35.1 Å². The number of hydrogen-bond donors (Lipinski definition) is 0. The van der Waals surface area contributed by atoms with Crippen molar-refractivity contribution in [3.05, 3.63) is 139 Å². The summed E-state index contributed by atoms with van der Waals surface area (Å²) in [5.74, 6) is -24.1. The molecule has 0 N–H and O–H groups in total. The summed E-state index contributed by atoms with van der Waals surface area (Å²) in [5.41, 5.74) is -0.524. The zero-order valence-corrected chi connectivity index (χ0v) is 30.4. The van der Waals surface area contributed by atoms with Gasteiger partial charge in [0.15, 0.2) is 0 Å². The first-order chi connectivity index (χ1) is 22.4. The second kappa shape index (κ2) is 15.1. The van der Waals surface area contributed by atoms with Gasteiger partial charge in [0.25, 0.3) is 0 Å². The van der Waals surface area contributed by atoms with E-state index in [0.717, 1.165) is 0 Å². The van der Waals surface area contributed by atoms with Crippen molar-refractivity contribution in [3.63, 3.8) is 0 Å². The predicted molar refractivity (Wildman–Crippen MR) is 160 cm³/mol. The fourth-order valence-electron chi connectivity index (χ4n) is 7.17. The molecule has 15 heteroatoms. The fourth-order valence-corrected chi connectivity index (χ4v) is 26.2. The first kappa shape index (κ1) is 39.4. The van der Waals surface area contributed by atoms with Gasteiger partial charge >= 0.3 is 274 Å². The number of allylic oxidation sites excluding steroid dienone is 4. The molecule has 0 fully saturated rings. The number of fused-ring (bicyclic) bond motifs is 3. The Balaban J connectivity index is 0.00000270. The minimum absolute atomic E-state index is 0. The number of rotatable bonds is 8. The van der Waals surface area contributed by atoms with Crippen LogP contribution < -0.4 is 35.7 Å². The second-order valence-electron chi connectivity index (χ2n) is 11.1. The average Bonchev–Trinajstić information content (AvgIpc) is 3.72. The van der Waals surface area contributed by atoms with Crippen LogP contribution in [0, 0.1) is 58.2 Å². The van der Waals surface area contributed by atoms with E-state index in [1.54, 1.807) is 54.6 Å². The molecule has 0 aromatic heterocycles. The zero-order valence-electron chi connectivity index (χ0n) is 25.5. The van der Waals surface area contributed by atoms with Gasteiger partial charge in [-0.05, 0) is 0 Å². The molecule has 4 aromatic carbocycles. The third-order valence-corrected chi connectivity index (χ3v) is 24.4. The van der Waals surface area contributed by atoms with Crippen LogP contribution in [0.25, 0.3) is 11.1 Å². The van der Waals surface area contributed by atoms with Crippen molar-refractivity contribution >= 4 is 23.1 Å². The summed E-state index contributed by atoms with van der Waals surface area (Å²) in [6.07, 6.45) is 5.87. The van der Waals surface area contributed by atoms with Crippen LogP contribution in [0.4, 0.5) is 43.9 Å². The monoisotopic (exact) mass is 823 g/mol.